The molecular formula is C13H19ClFN3O. The van der Waals surface area contributed by atoms with Crippen molar-refractivity contribution in [3.05, 3.63) is 16.9 Å². The Balaban J connectivity index is 2.05. The molecule has 1 aromatic rings. The van der Waals surface area contributed by atoms with Gasteiger partial charge < -0.3 is 21.9 Å². The van der Waals surface area contributed by atoms with E-state index >= 15 is 0 Å². The van der Waals surface area contributed by atoms with Crippen molar-refractivity contribution in [2.45, 2.75) is 31.8 Å². The molecule has 4 nitrogen and oxygen atoms in total. The molecule has 1 fully saturated rings. The first-order valence-electron chi connectivity index (χ1n) is 6.44. The molecule has 19 heavy (non-hydrogen) atoms. The SMILES string of the molecule is Nc1cc(N)c(NCC2CCCC(O)C2)c(F)c1Cl. The van der Waals surface area contributed by atoms with Gasteiger partial charge in [0.1, 0.15) is 5.02 Å². The van der Waals surface area contributed by atoms with Crippen LogP contribution < -0.4 is 16.8 Å². The third-order valence-corrected chi connectivity index (χ3v) is 3.97. The fraction of sp³-hybridized carbons (Fsp3) is 0.538. The molecule has 0 radical (unpaired) electrons. The lowest BCUT2D eigenvalue weighted by Gasteiger charge is -2.26. The minimum absolute atomic E-state index is 0.111. The zero-order valence-corrected chi connectivity index (χ0v) is 11.4. The predicted octanol–water partition coefficient (Wildman–Crippen LogP) is 2.61. The van der Waals surface area contributed by atoms with Crippen LogP contribution in [0.2, 0.25) is 5.02 Å². The van der Waals surface area contributed by atoms with E-state index in [1.165, 1.54) is 6.07 Å². The van der Waals surface area contributed by atoms with Gasteiger partial charge in [-0.1, -0.05) is 18.0 Å². The molecular weight excluding hydrogens is 269 g/mol. The van der Waals surface area contributed by atoms with Crippen molar-refractivity contribution in [1.82, 2.24) is 0 Å². The van der Waals surface area contributed by atoms with Gasteiger partial charge in [-0.25, -0.2) is 4.39 Å². The Morgan fingerprint density at radius 2 is 2.11 bits per heavy atom. The molecule has 0 spiro atoms. The normalized spacial score (nSPS) is 23.3. The van der Waals surface area contributed by atoms with Crippen LogP contribution in [0.5, 0.6) is 0 Å². The summed E-state index contributed by atoms with van der Waals surface area (Å²) >= 11 is 5.76. The number of aliphatic hydroxyl groups excluding tert-OH is 1. The summed E-state index contributed by atoms with van der Waals surface area (Å²) in [7, 11) is 0. The first-order chi connectivity index (χ1) is 8.99. The van der Waals surface area contributed by atoms with E-state index in [1.54, 1.807) is 0 Å². The maximum atomic E-state index is 14.0. The van der Waals surface area contributed by atoms with Crippen molar-refractivity contribution in [1.29, 1.82) is 0 Å². The van der Waals surface area contributed by atoms with Gasteiger partial charge in [0.25, 0.3) is 0 Å². The summed E-state index contributed by atoms with van der Waals surface area (Å²) in [4.78, 5) is 0. The summed E-state index contributed by atoms with van der Waals surface area (Å²) in [6.45, 7) is 0.568. The molecule has 106 valence electrons. The largest absolute Gasteiger partial charge is 0.397 e. The summed E-state index contributed by atoms with van der Waals surface area (Å²) in [5, 5.41) is 12.5. The monoisotopic (exact) mass is 287 g/mol. The van der Waals surface area contributed by atoms with Gasteiger partial charge in [-0.15, -0.1) is 0 Å². The molecule has 6 N–H and O–H groups in total. The van der Waals surface area contributed by atoms with E-state index in [2.05, 4.69) is 5.32 Å². The summed E-state index contributed by atoms with van der Waals surface area (Å²) < 4.78 is 14.0. The maximum Gasteiger partial charge on any atom is 0.169 e. The van der Waals surface area contributed by atoms with E-state index in [-0.39, 0.29) is 28.2 Å². The molecule has 0 aromatic heterocycles. The Kier molecular flexibility index (Phi) is 4.37. The van der Waals surface area contributed by atoms with Crippen molar-refractivity contribution in [2.24, 2.45) is 5.92 Å². The lowest BCUT2D eigenvalue weighted by molar-refractivity contribution is 0.105. The second-order valence-corrected chi connectivity index (χ2v) is 5.50. The molecule has 2 atom stereocenters. The summed E-state index contributed by atoms with van der Waals surface area (Å²) in [6, 6.07) is 1.45. The Hall–Kier alpha value is -1.20. The second-order valence-electron chi connectivity index (χ2n) is 5.13. The summed E-state index contributed by atoms with van der Waals surface area (Å²) in [5.74, 6) is -0.297. The molecule has 1 aliphatic carbocycles. The van der Waals surface area contributed by atoms with Gasteiger partial charge in [0, 0.05) is 6.54 Å². The number of hydrogen-bond donors (Lipinski definition) is 4. The fourth-order valence-corrected chi connectivity index (χ4v) is 2.69. The molecule has 6 heteroatoms. The summed E-state index contributed by atoms with van der Waals surface area (Å²) in [6.07, 6.45) is 3.35. The number of rotatable bonds is 3. The van der Waals surface area contributed by atoms with Crippen molar-refractivity contribution < 1.29 is 9.50 Å². The Morgan fingerprint density at radius 1 is 1.37 bits per heavy atom. The van der Waals surface area contributed by atoms with Gasteiger partial charge in [0.15, 0.2) is 5.82 Å². The van der Waals surface area contributed by atoms with Crippen molar-refractivity contribution >= 4 is 28.7 Å². The minimum atomic E-state index is -0.615. The van der Waals surface area contributed by atoms with Crippen LogP contribution in [0, 0.1) is 11.7 Å². The minimum Gasteiger partial charge on any atom is -0.397 e. The number of nitrogens with two attached hydrogens (primary N) is 2. The number of nitrogen functional groups attached to an aromatic ring is 2. The van der Waals surface area contributed by atoms with Crippen LogP contribution in [0.25, 0.3) is 0 Å². The molecule has 0 aliphatic heterocycles. The van der Waals surface area contributed by atoms with Crippen molar-refractivity contribution in [3.63, 3.8) is 0 Å². The fourth-order valence-electron chi connectivity index (χ4n) is 2.54. The third-order valence-electron chi connectivity index (χ3n) is 3.59. The molecule has 2 rings (SSSR count). The van der Waals surface area contributed by atoms with Gasteiger partial charge in [-0.3, -0.25) is 0 Å². The quantitative estimate of drug-likeness (QED) is 0.644. The van der Waals surface area contributed by atoms with Gasteiger partial charge in [0.05, 0.1) is 23.2 Å². The Bertz CT molecular complexity index is 470. The van der Waals surface area contributed by atoms with Crippen LogP contribution in [0.3, 0.4) is 0 Å². The molecule has 1 aliphatic rings. The molecule has 2 unspecified atom stereocenters. The van der Waals surface area contributed by atoms with Gasteiger partial charge in [0.2, 0.25) is 0 Å². The van der Waals surface area contributed by atoms with Crippen LogP contribution in [0.1, 0.15) is 25.7 Å². The molecule has 1 aromatic carbocycles. The number of halogens is 2. The van der Waals surface area contributed by atoms with E-state index in [9.17, 15) is 9.50 Å². The highest BCUT2D eigenvalue weighted by Gasteiger charge is 2.21. The first kappa shape index (κ1) is 14.2. The third kappa shape index (κ3) is 3.22. The van der Waals surface area contributed by atoms with Crippen LogP contribution >= 0.6 is 11.6 Å². The zero-order valence-electron chi connectivity index (χ0n) is 10.6. The molecule has 0 bridgehead atoms. The van der Waals surface area contributed by atoms with Crippen molar-refractivity contribution in [3.8, 4) is 0 Å². The van der Waals surface area contributed by atoms with Crippen LogP contribution in [-0.2, 0) is 0 Å². The van der Waals surface area contributed by atoms with E-state index in [0.717, 1.165) is 25.7 Å². The van der Waals surface area contributed by atoms with E-state index in [0.29, 0.717) is 12.5 Å². The van der Waals surface area contributed by atoms with E-state index in [1.807, 2.05) is 0 Å². The lowest BCUT2D eigenvalue weighted by Crippen LogP contribution is -2.25. The van der Waals surface area contributed by atoms with Crippen LogP contribution in [-0.4, -0.2) is 17.8 Å². The Morgan fingerprint density at radius 3 is 2.79 bits per heavy atom. The molecule has 0 amide bonds. The number of anilines is 3. The molecule has 0 saturated heterocycles. The highest BCUT2D eigenvalue weighted by Crippen LogP contribution is 2.34. The molecule has 1 saturated carbocycles. The topological polar surface area (TPSA) is 84.3 Å². The second kappa shape index (κ2) is 5.84. The standard InChI is InChI=1S/C13H19ClFN3O/c14-11-9(16)5-10(17)13(12(11)15)18-6-7-2-1-3-8(19)4-7/h5,7-8,18-19H,1-4,6,16-17H2. The van der Waals surface area contributed by atoms with Gasteiger partial charge in [-0.05, 0) is 31.2 Å². The zero-order chi connectivity index (χ0) is 14.0. The van der Waals surface area contributed by atoms with Crippen LogP contribution in [0.4, 0.5) is 21.5 Å². The predicted molar refractivity (Wildman–Crippen MR) is 76.7 cm³/mol. The summed E-state index contributed by atoms with van der Waals surface area (Å²) in [5.41, 5.74) is 11.9. The number of benzene rings is 1. The maximum absolute atomic E-state index is 14.0. The highest BCUT2D eigenvalue weighted by atomic mass is 35.5. The first-order valence-corrected chi connectivity index (χ1v) is 6.81. The number of hydrogen-bond acceptors (Lipinski definition) is 4. The van der Waals surface area contributed by atoms with Gasteiger partial charge >= 0.3 is 0 Å². The number of aliphatic hydroxyl groups is 1. The Labute approximate surface area is 116 Å². The van der Waals surface area contributed by atoms with Crippen molar-refractivity contribution in [2.75, 3.05) is 23.3 Å². The smallest absolute Gasteiger partial charge is 0.169 e. The van der Waals surface area contributed by atoms with E-state index < -0.39 is 5.82 Å². The average Bonchev–Trinajstić information content (AvgIpc) is 2.36. The van der Waals surface area contributed by atoms with Gasteiger partial charge in [-0.2, -0.15) is 0 Å². The molecule has 0 heterocycles. The van der Waals surface area contributed by atoms with E-state index in [4.69, 9.17) is 23.1 Å². The lowest BCUT2D eigenvalue weighted by atomic mass is 9.87. The average molecular weight is 288 g/mol. The number of nitrogens with one attached hydrogen (secondary N) is 1. The highest BCUT2D eigenvalue weighted by molar-refractivity contribution is 6.33. The van der Waals surface area contributed by atoms with Crippen LogP contribution in [0.15, 0.2) is 6.07 Å².